The van der Waals surface area contributed by atoms with Gasteiger partial charge >= 0.3 is 0 Å². The summed E-state index contributed by atoms with van der Waals surface area (Å²) in [5.41, 5.74) is 1.67. The van der Waals surface area contributed by atoms with Crippen molar-refractivity contribution in [2.24, 2.45) is 0 Å². The van der Waals surface area contributed by atoms with Gasteiger partial charge in [0.2, 0.25) is 5.91 Å². The fraction of sp³-hybridized carbons (Fsp3) is 0.500. The van der Waals surface area contributed by atoms with Crippen LogP contribution in [0.4, 0.5) is 5.69 Å². The molecule has 1 aromatic carbocycles. The zero-order valence-corrected chi connectivity index (χ0v) is 11.5. The average molecular weight is 250 g/mol. The highest BCUT2D eigenvalue weighted by molar-refractivity contribution is 5.91. The van der Waals surface area contributed by atoms with E-state index in [1.54, 1.807) is 0 Å². The molecule has 2 N–H and O–H groups in total. The van der Waals surface area contributed by atoms with E-state index in [0.29, 0.717) is 0 Å². The van der Waals surface area contributed by atoms with Gasteiger partial charge in [-0.3, -0.25) is 4.79 Å². The first-order valence-electron chi connectivity index (χ1n) is 6.08. The number of nitrogens with one attached hydrogen (secondary N) is 2. The van der Waals surface area contributed by atoms with Gasteiger partial charge in [-0.1, -0.05) is 12.1 Å². The lowest BCUT2D eigenvalue weighted by molar-refractivity contribution is -0.125. The van der Waals surface area contributed by atoms with Crippen molar-refractivity contribution in [3.05, 3.63) is 29.8 Å². The predicted octanol–water partition coefficient (Wildman–Crippen LogP) is 2.16. The molecule has 0 aromatic heterocycles. The number of hydrogen-bond acceptors (Lipinski definition) is 3. The van der Waals surface area contributed by atoms with Gasteiger partial charge in [0, 0.05) is 12.2 Å². The molecule has 18 heavy (non-hydrogen) atoms. The van der Waals surface area contributed by atoms with Crippen LogP contribution >= 0.6 is 0 Å². The summed E-state index contributed by atoms with van der Waals surface area (Å²) in [5.74, 6) is -0.133. The van der Waals surface area contributed by atoms with Gasteiger partial charge in [-0.15, -0.1) is 0 Å². The molecule has 1 aromatic rings. The Morgan fingerprint density at radius 3 is 2.33 bits per heavy atom. The minimum atomic E-state index is -0.298. The van der Waals surface area contributed by atoms with Gasteiger partial charge in [0.25, 0.3) is 0 Å². The van der Waals surface area contributed by atoms with Crippen molar-refractivity contribution in [2.75, 3.05) is 19.0 Å². The summed E-state index contributed by atoms with van der Waals surface area (Å²) in [6.45, 7) is 6.66. The second kappa shape index (κ2) is 6.52. The molecule has 4 heteroatoms. The standard InChI is InChI=1S/C14H22N2O2/c1-14(2,3)18-10-13(17)16-12-7-5-11(6-8-12)9-15-4/h5-8,15H,9-10H2,1-4H3,(H,16,17). The molecule has 0 saturated heterocycles. The first kappa shape index (κ1) is 14.7. The zero-order chi connectivity index (χ0) is 13.6. The summed E-state index contributed by atoms with van der Waals surface area (Å²) in [5, 5.41) is 5.87. The van der Waals surface area contributed by atoms with E-state index in [1.165, 1.54) is 5.56 Å². The van der Waals surface area contributed by atoms with Crippen LogP contribution in [0, 0.1) is 0 Å². The van der Waals surface area contributed by atoms with Crippen molar-refractivity contribution in [3.63, 3.8) is 0 Å². The van der Waals surface area contributed by atoms with Crippen molar-refractivity contribution in [1.29, 1.82) is 0 Å². The van der Waals surface area contributed by atoms with Gasteiger partial charge in [-0.2, -0.15) is 0 Å². The number of hydrogen-bond donors (Lipinski definition) is 2. The molecular formula is C14H22N2O2. The normalized spacial score (nSPS) is 11.3. The van der Waals surface area contributed by atoms with Crippen LogP contribution in [0.25, 0.3) is 0 Å². The Balaban J connectivity index is 2.44. The average Bonchev–Trinajstić information content (AvgIpc) is 2.29. The van der Waals surface area contributed by atoms with Crippen molar-refractivity contribution in [3.8, 4) is 0 Å². The van der Waals surface area contributed by atoms with Gasteiger partial charge in [0.1, 0.15) is 6.61 Å². The van der Waals surface area contributed by atoms with Crippen molar-refractivity contribution < 1.29 is 9.53 Å². The maximum Gasteiger partial charge on any atom is 0.250 e. The van der Waals surface area contributed by atoms with E-state index in [2.05, 4.69) is 10.6 Å². The summed E-state index contributed by atoms with van der Waals surface area (Å²) in [6, 6.07) is 7.75. The molecule has 0 aliphatic rings. The molecule has 1 amide bonds. The van der Waals surface area contributed by atoms with E-state index in [1.807, 2.05) is 52.1 Å². The molecule has 0 fully saturated rings. The summed E-state index contributed by atoms with van der Waals surface area (Å²) in [4.78, 5) is 11.6. The molecule has 0 atom stereocenters. The van der Waals surface area contributed by atoms with Crippen LogP contribution in [-0.4, -0.2) is 25.2 Å². The maximum atomic E-state index is 11.6. The number of benzene rings is 1. The van der Waals surface area contributed by atoms with Crippen LogP contribution in [0.3, 0.4) is 0 Å². The number of anilines is 1. The predicted molar refractivity (Wildman–Crippen MR) is 73.5 cm³/mol. The first-order valence-corrected chi connectivity index (χ1v) is 6.08. The fourth-order valence-electron chi connectivity index (χ4n) is 1.39. The molecule has 100 valence electrons. The topological polar surface area (TPSA) is 50.4 Å². The van der Waals surface area contributed by atoms with Crippen LogP contribution in [0.2, 0.25) is 0 Å². The lowest BCUT2D eigenvalue weighted by atomic mass is 10.2. The van der Waals surface area contributed by atoms with E-state index in [9.17, 15) is 4.79 Å². The van der Waals surface area contributed by atoms with E-state index < -0.39 is 0 Å². The Kier molecular flexibility index (Phi) is 5.31. The first-order chi connectivity index (χ1) is 8.40. The summed E-state index contributed by atoms with van der Waals surface area (Å²) < 4.78 is 5.40. The second-order valence-electron chi connectivity index (χ2n) is 5.18. The number of amides is 1. The van der Waals surface area contributed by atoms with Crippen LogP contribution in [-0.2, 0) is 16.1 Å². The zero-order valence-electron chi connectivity index (χ0n) is 11.5. The lowest BCUT2D eigenvalue weighted by Gasteiger charge is -2.19. The highest BCUT2D eigenvalue weighted by atomic mass is 16.5. The van der Waals surface area contributed by atoms with E-state index in [0.717, 1.165) is 12.2 Å². The molecule has 1 rings (SSSR count). The van der Waals surface area contributed by atoms with Gasteiger partial charge in [-0.05, 0) is 45.5 Å². The molecule has 0 aliphatic carbocycles. The Bertz CT molecular complexity index is 380. The lowest BCUT2D eigenvalue weighted by Crippen LogP contribution is -2.27. The fourth-order valence-corrected chi connectivity index (χ4v) is 1.39. The number of rotatable bonds is 5. The van der Waals surface area contributed by atoms with Crippen LogP contribution < -0.4 is 10.6 Å². The molecular weight excluding hydrogens is 228 g/mol. The second-order valence-corrected chi connectivity index (χ2v) is 5.18. The third-order valence-corrected chi connectivity index (χ3v) is 2.25. The van der Waals surface area contributed by atoms with Crippen LogP contribution in [0.1, 0.15) is 26.3 Å². The smallest absolute Gasteiger partial charge is 0.250 e. The summed E-state index contributed by atoms with van der Waals surface area (Å²) in [7, 11) is 1.90. The third kappa shape index (κ3) is 5.80. The summed E-state index contributed by atoms with van der Waals surface area (Å²) in [6.07, 6.45) is 0. The van der Waals surface area contributed by atoms with Gasteiger partial charge in [0.05, 0.1) is 5.60 Å². The minimum absolute atomic E-state index is 0.0712. The van der Waals surface area contributed by atoms with Crippen molar-refractivity contribution in [1.82, 2.24) is 5.32 Å². The number of carbonyl (C=O) groups excluding carboxylic acids is 1. The highest BCUT2D eigenvalue weighted by Crippen LogP contribution is 2.10. The molecule has 0 saturated carbocycles. The van der Waals surface area contributed by atoms with Crippen LogP contribution in [0.5, 0.6) is 0 Å². The molecule has 0 bridgehead atoms. The molecule has 0 aliphatic heterocycles. The largest absolute Gasteiger partial charge is 0.366 e. The maximum absolute atomic E-state index is 11.6. The number of carbonyl (C=O) groups is 1. The van der Waals surface area contributed by atoms with E-state index in [4.69, 9.17) is 4.74 Å². The molecule has 0 unspecified atom stereocenters. The monoisotopic (exact) mass is 250 g/mol. The Hall–Kier alpha value is -1.39. The summed E-state index contributed by atoms with van der Waals surface area (Å²) >= 11 is 0. The quantitative estimate of drug-likeness (QED) is 0.842. The van der Waals surface area contributed by atoms with Gasteiger partial charge < -0.3 is 15.4 Å². The molecule has 0 radical (unpaired) electrons. The van der Waals surface area contributed by atoms with E-state index >= 15 is 0 Å². The Morgan fingerprint density at radius 1 is 1.22 bits per heavy atom. The highest BCUT2D eigenvalue weighted by Gasteiger charge is 2.12. The van der Waals surface area contributed by atoms with E-state index in [-0.39, 0.29) is 18.1 Å². The molecule has 0 spiro atoms. The molecule has 4 nitrogen and oxygen atoms in total. The third-order valence-electron chi connectivity index (χ3n) is 2.25. The van der Waals surface area contributed by atoms with Crippen molar-refractivity contribution >= 4 is 11.6 Å². The van der Waals surface area contributed by atoms with Gasteiger partial charge in [0.15, 0.2) is 0 Å². The molecule has 0 heterocycles. The van der Waals surface area contributed by atoms with Crippen molar-refractivity contribution in [2.45, 2.75) is 32.9 Å². The minimum Gasteiger partial charge on any atom is -0.366 e. The Morgan fingerprint density at radius 2 is 1.83 bits per heavy atom. The van der Waals surface area contributed by atoms with Gasteiger partial charge in [-0.25, -0.2) is 0 Å². The number of ether oxygens (including phenoxy) is 1. The van der Waals surface area contributed by atoms with Crippen LogP contribution in [0.15, 0.2) is 24.3 Å². The Labute approximate surface area is 109 Å². The SMILES string of the molecule is CNCc1ccc(NC(=O)COC(C)(C)C)cc1.